The van der Waals surface area contributed by atoms with Crippen molar-refractivity contribution in [1.82, 2.24) is 5.32 Å². The highest BCUT2D eigenvalue weighted by atomic mass is 35.5. The van der Waals surface area contributed by atoms with E-state index in [0.29, 0.717) is 175 Å². The Bertz CT molecular complexity index is 5480. The number of thioether (sulfide) groups is 2. The molecule has 0 aliphatic carbocycles. The molecule has 6 saturated heterocycles. The van der Waals surface area contributed by atoms with Crippen molar-refractivity contribution in [2.24, 2.45) is 5.73 Å². The van der Waals surface area contributed by atoms with Gasteiger partial charge in [0.15, 0.2) is 23.1 Å². The van der Waals surface area contributed by atoms with Gasteiger partial charge in [0.05, 0.1) is 80.7 Å². The largest absolute Gasteiger partial charge is 0.555 e. The minimum atomic E-state index is -0.911. The molecule has 47 heteroatoms. The van der Waals surface area contributed by atoms with Gasteiger partial charge in [0, 0.05) is 85.6 Å². The molecule has 8 aromatic rings. The van der Waals surface area contributed by atoms with E-state index in [4.69, 9.17) is 108 Å². The number of cyclic esters (lactones) is 4. The Morgan fingerprint density at radius 1 is 0.529 bits per heavy atom. The maximum atomic E-state index is 12.9. The summed E-state index contributed by atoms with van der Waals surface area (Å²) in [4.78, 5) is 170. The Morgan fingerprint density at radius 3 is 1.18 bits per heavy atom. The van der Waals surface area contributed by atoms with Gasteiger partial charge in [-0.25, -0.2) is 24.0 Å². The average molecular weight is 2060 g/mol. The molecule has 0 bridgehead atoms. The number of Topliss-reactive ketones (excluding diaryl/α,β-unsaturated/α-hetero) is 4. The molecule has 6 aliphatic rings. The van der Waals surface area contributed by atoms with E-state index >= 15 is 0 Å². The van der Waals surface area contributed by atoms with Crippen LogP contribution < -0.4 is 51.5 Å². The topological polar surface area (TPSA) is 470 Å². The van der Waals surface area contributed by atoms with Gasteiger partial charge in [0.1, 0.15) is 48.9 Å². The second-order valence-corrected chi connectivity index (χ2v) is 40.5. The first-order valence-corrected chi connectivity index (χ1v) is 50.0. The number of aliphatic carboxylic acids is 1. The molecule has 6 fully saturated rings. The Kier molecular flexibility index (Phi) is 42.5. The van der Waals surface area contributed by atoms with Gasteiger partial charge in [0.2, 0.25) is 17.7 Å². The van der Waals surface area contributed by atoms with Crippen LogP contribution >= 0.6 is 115 Å². The summed E-state index contributed by atoms with van der Waals surface area (Å²) in [7, 11) is 2.80. The summed E-state index contributed by atoms with van der Waals surface area (Å²) in [5.41, 5.74) is 16.1. The third-order valence-corrected chi connectivity index (χ3v) is 27.3. The number of rotatable bonds is 38. The quantitative estimate of drug-likeness (QED) is 0.00445. The number of thiophene rings is 4. The van der Waals surface area contributed by atoms with E-state index in [2.05, 4.69) is 15.3 Å². The van der Waals surface area contributed by atoms with Gasteiger partial charge in [-0.1, -0.05) is 46.4 Å². The molecule has 1 unspecified atom stereocenters. The number of nitrogens with one attached hydrogen (secondary N) is 4. The number of benzene rings is 4. The molecule has 14 rings (SSSR count). The van der Waals surface area contributed by atoms with Crippen LogP contribution in [0, 0.1) is 10.8 Å². The maximum Gasteiger partial charge on any atom is 0.414 e. The van der Waals surface area contributed by atoms with Gasteiger partial charge >= 0.3 is 51.4 Å². The molecule has 721 valence electrons. The summed E-state index contributed by atoms with van der Waals surface area (Å²) in [5, 5.41) is 34.6. The predicted octanol–water partition coefficient (Wildman–Crippen LogP) is 17.2. The summed E-state index contributed by atoms with van der Waals surface area (Å²) < 4.78 is 44.1. The standard InChI is InChI=1S/C26H32ClN3O6S2.C21H20BClN3O5S.C20H20ClN3O4S.C16H15ClN2O3S.C6H11BNO3S.BH2O/c1-26(2,3)36-24(33)29-19(13-14-37-4)23(32)28-16-5-7-17(8-6-16)30-15-18(35-25(30)34)9-10-20(31)21-11-12-22(27)38-21;23-19-8-7-18(32-19)17(27)6-5-15-11-26(21(29)31-15)14-3-1-13(2-4-14)25-10-9-16(20(25)28)22-30-12-24;21-18-8-7-17(29-18)16(25)6-5-14-11-24(20(27)28-14)13-3-1-12(2-4-13)23-10-9-15(22)19(23)26;17-15-8-7-14(23-15)13(20)6-5-12-9-19(16(21)22-12)11-3-1-10(18)2-4-11;1-12-3-2-5(6(9)10)7-11-4-8;1-2/h5-8,11-12,18-19H,9-10,13-15H2,1-4H3,(H,28,32)(H,29,33);1-4,7-8,12,15-16,24H,5-6,9-11H2;1-4,7-8,14-15H,5-6,9-11,22H2;1-4,7-8,12H,5-6,9,18H2;4-5,8H,2-3H2,1H3,(H,9,10);1-2H/t18-,19+;15-,16+;14-,15+;12-;;/m0000../s1/i;;;;;1T. The van der Waals surface area contributed by atoms with E-state index in [1.807, 2.05) is 12.5 Å². The molecule has 0 saturated carbocycles. The lowest BCUT2D eigenvalue weighted by atomic mass is 9.78. The third-order valence-electron chi connectivity index (χ3n) is 20.9. The van der Waals surface area contributed by atoms with E-state index in [1.54, 1.807) is 209 Å². The molecule has 8 atom stereocenters. The molecule has 136 heavy (non-hydrogen) atoms. The predicted molar refractivity (Wildman–Crippen MR) is 538 cm³/mol. The van der Waals surface area contributed by atoms with Crippen LogP contribution in [0.15, 0.2) is 146 Å². The van der Waals surface area contributed by atoms with E-state index in [9.17, 15) is 62.3 Å². The first-order valence-electron chi connectivity index (χ1n) is 43.0. The van der Waals surface area contributed by atoms with Crippen LogP contribution in [0.3, 0.4) is 0 Å². The Hall–Kier alpha value is -10.7. The number of nitrogens with two attached hydrogens (primary N) is 2. The van der Waals surface area contributed by atoms with Crippen molar-refractivity contribution < 1.29 is 105 Å². The number of amides is 8. The molecule has 0 spiro atoms. The lowest BCUT2D eigenvalue weighted by molar-refractivity contribution is -0.137. The maximum absolute atomic E-state index is 12.9. The Labute approximate surface area is 834 Å². The number of carbonyl (C=O) groups excluding carboxylic acids is 12. The van der Waals surface area contributed by atoms with Crippen molar-refractivity contribution in [2.75, 3.05) is 104 Å². The number of carbonyl (C=O) groups is 13. The van der Waals surface area contributed by atoms with Gasteiger partial charge in [-0.3, -0.25) is 68.8 Å². The molecule has 4 aromatic carbocycles. The zero-order chi connectivity index (χ0) is 99.6. The van der Waals surface area contributed by atoms with E-state index in [-0.39, 0.29) is 85.8 Å². The van der Waals surface area contributed by atoms with Crippen molar-refractivity contribution in [2.45, 2.75) is 152 Å². The average Bonchev–Trinajstić information content (AvgIpc) is 1.68. The SMILES string of the molecule is CSCCC([B]OC=N)C(=O)O.CSCC[C@@H](NC(=O)OC(C)(C)C)C(=O)Nc1ccc(N2C[C@H](CCC(=O)c3ccc(Cl)s3)OC2=O)cc1.N=CO[B][C@@H]1CCN(c2ccc(N3C[C@H](CCC(=O)c4ccc(Cl)s4)OC3=O)cc2)C1=O.N[C@@H]1CCN(c2ccc(N3C[C@H](CCC(=O)c4ccc(Cl)s4)OC3=O)cc2)C1=O.Nc1ccc(N2C[C@H](CCC(=O)c3ccc(Cl)s3)OC2=O)cc1.[3H][B]O. The minimum absolute atomic E-state index is 0.00533. The Morgan fingerprint density at radius 2 is 0.860 bits per heavy atom. The highest BCUT2D eigenvalue weighted by Crippen LogP contribution is 2.37. The second kappa shape index (κ2) is 53.9. The van der Waals surface area contributed by atoms with E-state index in [0.717, 1.165) is 35.6 Å². The highest BCUT2D eigenvalue weighted by Gasteiger charge is 2.40. The van der Waals surface area contributed by atoms with Crippen molar-refractivity contribution >= 4 is 274 Å². The summed E-state index contributed by atoms with van der Waals surface area (Å²) in [5.74, 6) is -1.03. The lowest BCUT2D eigenvalue weighted by Crippen LogP contribution is -2.46. The molecule has 10 heterocycles. The number of ketones is 4. The van der Waals surface area contributed by atoms with Gasteiger partial charge in [-0.2, -0.15) is 23.5 Å². The van der Waals surface area contributed by atoms with Gasteiger partial charge < -0.3 is 75.0 Å². The number of nitrogens with zero attached hydrogens (tertiary/aromatic N) is 6. The zero-order valence-electron chi connectivity index (χ0n) is 75.4. The van der Waals surface area contributed by atoms with Gasteiger partial charge in [-0.15, -0.1) is 45.3 Å². The minimum Gasteiger partial charge on any atom is -0.555 e. The second-order valence-electron chi connectivity index (χ2n) is 31.6. The van der Waals surface area contributed by atoms with Crippen LogP contribution in [0.2, 0.25) is 29.0 Å². The number of hydrogen-bond acceptors (Lipinski definition) is 31. The number of carboxylic acids is 1. The van der Waals surface area contributed by atoms with Crippen molar-refractivity contribution in [3.05, 3.63) is 182 Å². The number of ether oxygens (including phenoxy) is 5. The van der Waals surface area contributed by atoms with Crippen molar-refractivity contribution in [3.63, 3.8) is 0 Å². The van der Waals surface area contributed by atoms with Crippen LogP contribution in [0.5, 0.6) is 0 Å². The number of nitrogen functional groups attached to an aromatic ring is 1. The van der Waals surface area contributed by atoms with Crippen LogP contribution in [0.1, 0.15) is 137 Å². The number of anilines is 8. The Balaban J connectivity index is 0.000000197. The normalized spacial score (nSPS) is 18.0. The smallest absolute Gasteiger partial charge is 0.414 e. The fraction of sp³-hybridized carbons (Fsp3) is 0.382. The number of halogens is 4. The van der Waals surface area contributed by atoms with Crippen LogP contribution in [-0.2, 0) is 52.2 Å². The van der Waals surface area contributed by atoms with Gasteiger partial charge in [0.25, 0.3) is 8.01 Å². The first kappa shape index (κ1) is 107. The van der Waals surface area contributed by atoms with E-state index < -0.39 is 66.0 Å². The molecular formula is C89H100B3Cl4N12O22S6. The number of carboxylic acid groups (broad SMARTS) is 1. The number of alkyl carbamates (subject to hydrolysis) is 1. The highest BCUT2D eigenvalue weighted by molar-refractivity contribution is 7.98. The molecule has 4 aromatic heterocycles. The van der Waals surface area contributed by atoms with Crippen molar-refractivity contribution in [3.8, 4) is 0 Å². The summed E-state index contributed by atoms with van der Waals surface area (Å²) >= 11 is 31.6. The zero-order valence-corrected chi connectivity index (χ0v) is 82.3. The molecular weight excluding hydrogens is 1960 g/mol. The first-order chi connectivity index (χ1) is 65.5. The molecule has 6 aliphatic heterocycles. The number of hydrogen-bond donors (Lipinski definition) is 8. The molecule has 8 amide bonds. The van der Waals surface area contributed by atoms with E-state index in [1.165, 1.54) is 70.1 Å². The fourth-order valence-electron chi connectivity index (χ4n) is 14.0. The third kappa shape index (κ3) is 33.0. The summed E-state index contributed by atoms with van der Waals surface area (Å²) in [6.45, 7) is 7.90. The van der Waals surface area contributed by atoms with Crippen LogP contribution in [0.25, 0.3) is 0 Å². The fourth-order valence-corrected chi connectivity index (χ4v) is 19.0. The van der Waals surface area contributed by atoms with Crippen LogP contribution in [-0.4, -0.2) is 230 Å². The van der Waals surface area contributed by atoms with Gasteiger partial charge in [-0.05, 0) is 242 Å². The molecule has 10 N–H and O–H groups in total. The molecule has 3 radical (unpaired) electrons. The summed E-state index contributed by atoms with van der Waals surface area (Å²) in [6.07, 6.45) is 6.66. The van der Waals surface area contributed by atoms with Crippen LogP contribution in [0.4, 0.5) is 69.5 Å². The monoisotopic (exact) mass is 2060 g/mol. The lowest BCUT2D eigenvalue weighted by Gasteiger charge is -2.23. The summed E-state index contributed by atoms with van der Waals surface area (Å²) in [6, 6.07) is 40.5. The molecule has 34 nitrogen and oxygen atoms in total. The van der Waals surface area contributed by atoms with Crippen molar-refractivity contribution in [1.29, 1.82) is 12.2 Å².